The molecular formula is C22H23FN2O3. The van der Waals surface area contributed by atoms with Crippen LogP contribution in [0.4, 0.5) is 4.39 Å². The number of nitrogens with one attached hydrogen (secondary N) is 1. The molecule has 1 amide bonds. The summed E-state index contributed by atoms with van der Waals surface area (Å²) in [6, 6.07) is 8.15. The minimum atomic E-state index is -0.505. The average molecular weight is 382 g/mol. The van der Waals surface area contributed by atoms with Gasteiger partial charge < -0.3 is 15.2 Å². The van der Waals surface area contributed by atoms with Gasteiger partial charge in [-0.2, -0.15) is 0 Å². The second kappa shape index (κ2) is 8.10. The van der Waals surface area contributed by atoms with E-state index < -0.39 is 5.82 Å². The summed E-state index contributed by atoms with van der Waals surface area (Å²) in [6.07, 6.45) is 9.18. The molecule has 4 atom stereocenters. The zero-order valence-electron chi connectivity index (χ0n) is 15.4. The number of aliphatic hydroxyl groups excluding tert-OH is 1. The van der Waals surface area contributed by atoms with E-state index in [0.717, 1.165) is 19.3 Å². The Labute approximate surface area is 163 Å². The number of ether oxygens (including phenoxy) is 1. The molecule has 28 heavy (non-hydrogen) atoms. The summed E-state index contributed by atoms with van der Waals surface area (Å²) in [5.41, 5.74) is 0.582. The molecule has 0 saturated heterocycles. The van der Waals surface area contributed by atoms with Gasteiger partial charge in [0.1, 0.15) is 5.75 Å². The van der Waals surface area contributed by atoms with E-state index in [-0.39, 0.29) is 24.3 Å². The average Bonchev–Trinajstić information content (AvgIpc) is 3.03. The molecule has 2 N–H and O–H groups in total. The quantitative estimate of drug-likeness (QED) is 0.750. The zero-order chi connectivity index (χ0) is 19.5. The summed E-state index contributed by atoms with van der Waals surface area (Å²) in [5.74, 6) is 1.38. The Morgan fingerprint density at radius 3 is 2.96 bits per heavy atom. The van der Waals surface area contributed by atoms with Crippen LogP contribution in [0.1, 0.15) is 24.8 Å². The summed E-state index contributed by atoms with van der Waals surface area (Å²) >= 11 is 0. The second-order valence-electron chi connectivity index (χ2n) is 7.61. The first-order chi connectivity index (χ1) is 13.6. The number of aliphatic hydroxyl groups is 1. The van der Waals surface area contributed by atoms with E-state index in [0.29, 0.717) is 29.1 Å². The molecule has 1 aromatic carbocycles. The summed E-state index contributed by atoms with van der Waals surface area (Å²) in [6.45, 7) is 0.236. The maximum Gasteiger partial charge on any atom is 0.244 e. The SMILES string of the molecule is O=C(/C=C/c1ccc(Oc2cccnc2)c(F)c1)NC1C[C@H]2CC(CO)C[C@@H]12. The highest BCUT2D eigenvalue weighted by Crippen LogP contribution is 2.49. The van der Waals surface area contributed by atoms with Crippen LogP contribution < -0.4 is 10.1 Å². The van der Waals surface area contributed by atoms with Gasteiger partial charge in [-0.15, -0.1) is 0 Å². The molecule has 2 aliphatic rings. The van der Waals surface area contributed by atoms with Crippen molar-refractivity contribution in [1.82, 2.24) is 10.3 Å². The number of hydrogen-bond donors (Lipinski definition) is 2. The Hall–Kier alpha value is -2.73. The van der Waals surface area contributed by atoms with Gasteiger partial charge in [0.15, 0.2) is 11.6 Å². The fourth-order valence-corrected chi connectivity index (χ4v) is 4.30. The van der Waals surface area contributed by atoms with Crippen LogP contribution in [-0.4, -0.2) is 28.6 Å². The molecule has 0 radical (unpaired) electrons. The highest BCUT2D eigenvalue weighted by atomic mass is 19.1. The minimum absolute atomic E-state index is 0.106. The number of pyridine rings is 1. The number of aromatic nitrogens is 1. The first kappa shape index (κ1) is 18.6. The van der Waals surface area contributed by atoms with E-state index >= 15 is 0 Å². The van der Waals surface area contributed by atoms with Crippen molar-refractivity contribution < 1.29 is 19.0 Å². The molecule has 0 aliphatic heterocycles. The highest BCUT2D eigenvalue weighted by molar-refractivity contribution is 5.92. The van der Waals surface area contributed by atoms with Crippen molar-refractivity contribution in [2.45, 2.75) is 25.3 Å². The monoisotopic (exact) mass is 382 g/mol. The lowest BCUT2D eigenvalue weighted by atomic mass is 9.71. The van der Waals surface area contributed by atoms with Gasteiger partial charge in [0.05, 0.1) is 6.20 Å². The zero-order valence-corrected chi connectivity index (χ0v) is 15.4. The van der Waals surface area contributed by atoms with E-state index in [1.165, 1.54) is 24.4 Å². The molecule has 5 nitrogen and oxygen atoms in total. The number of carbonyl (C=O) groups is 1. The summed E-state index contributed by atoms with van der Waals surface area (Å²) in [4.78, 5) is 16.1. The second-order valence-corrected chi connectivity index (χ2v) is 7.61. The number of rotatable bonds is 6. The minimum Gasteiger partial charge on any atom is -0.453 e. The lowest BCUT2D eigenvalue weighted by Crippen LogP contribution is -2.49. The van der Waals surface area contributed by atoms with Crippen LogP contribution in [0.5, 0.6) is 11.5 Å². The van der Waals surface area contributed by atoms with Crippen LogP contribution in [0.2, 0.25) is 0 Å². The van der Waals surface area contributed by atoms with Gasteiger partial charge in [-0.05, 0) is 72.9 Å². The molecule has 1 aromatic heterocycles. The molecule has 2 aliphatic carbocycles. The molecule has 6 heteroatoms. The van der Waals surface area contributed by atoms with E-state index in [1.807, 2.05) is 0 Å². The van der Waals surface area contributed by atoms with Crippen molar-refractivity contribution in [2.75, 3.05) is 6.61 Å². The third-order valence-corrected chi connectivity index (χ3v) is 5.75. The van der Waals surface area contributed by atoms with Gasteiger partial charge in [-0.25, -0.2) is 4.39 Å². The molecule has 2 aromatic rings. The number of benzene rings is 1. The van der Waals surface area contributed by atoms with E-state index in [1.54, 1.807) is 30.5 Å². The predicted octanol–water partition coefficient (Wildman–Crippen LogP) is 3.55. The van der Waals surface area contributed by atoms with Crippen molar-refractivity contribution in [3.8, 4) is 11.5 Å². The smallest absolute Gasteiger partial charge is 0.244 e. The molecule has 4 rings (SSSR count). The lowest BCUT2D eigenvalue weighted by molar-refractivity contribution is -0.118. The third-order valence-electron chi connectivity index (χ3n) is 5.75. The van der Waals surface area contributed by atoms with Crippen LogP contribution in [-0.2, 0) is 4.79 Å². The number of hydrogen-bond acceptors (Lipinski definition) is 4. The van der Waals surface area contributed by atoms with Gasteiger partial charge in [0.25, 0.3) is 0 Å². The number of amides is 1. The molecular weight excluding hydrogens is 359 g/mol. The van der Waals surface area contributed by atoms with Crippen molar-refractivity contribution in [3.05, 3.63) is 60.2 Å². The van der Waals surface area contributed by atoms with Gasteiger partial charge in [-0.3, -0.25) is 9.78 Å². The largest absolute Gasteiger partial charge is 0.453 e. The molecule has 0 spiro atoms. The van der Waals surface area contributed by atoms with Gasteiger partial charge >= 0.3 is 0 Å². The van der Waals surface area contributed by atoms with Crippen LogP contribution in [0.15, 0.2) is 48.8 Å². The Balaban J connectivity index is 1.32. The topological polar surface area (TPSA) is 71.5 Å². The summed E-state index contributed by atoms with van der Waals surface area (Å²) in [7, 11) is 0. The third kappa shape index (κ3) is 4.07. The van der Waals surface area contributed by atoms with E-state index in [4.69, 9.17) is 4.74 Å². The van der Waals surface area contributed by atoms with Gasteiger partial charge in [-0.1, -0.05) is 6.07 Å². The molecule has 1 heterocycles. The predicted molar refractivity (Wildman–Crippen MR) is 103 cm³/mol. The van der Waals surface area contributed by atoms with Crippen LogP contribution in [0.25, 0.3) is 6.08 Å². The normalized spacial score (nSPS) is 25.9. The van der Waals surface area contributed by atoms with E-state index in [2.05, 4.69) is 10.3 Å². The lowest BCUT2D eigenvalue weighted by Gasteiger charge is -2.40. The Kier molecular flexibility index (Phi) is 5.39. The molecule has 2 fully saturated rings. The van der Waals surface area contributed by atoms with Crippen LogP contribution in [0, 0.1) is 23.6 Å². The maximum absolute atomic E-state index is 14.3. The number of nitrogens with zero attached hydrogens (tertiary/aromatic N) is 1. The molecule has 2 unspecified atom stereocenters. The summed E-state index contributed by atoms with van der Waals surface area (Å²) < 4.78 is 19.7. The Morgan fingerprint density at radius 1 is 1.32 bits per heavy atom. The molecule has 2 saturated carbocycles. The fraction of sp³-hybridized carbons (Fsp3) is 0.364. The van der Waals surface area contributed by atoms with E-state index in [9.17, 15) is 14.3 Å². The van der Waals surface area contributed by atoms with Crippen molar-refractivity contribution in [2.24, 2.45) is 17.8 Å². The van der Waals surface area contributed by atoms with Gasteiger partial charge in [0, 0.05) is 24.9 Å². The van der Waals surface area contributed by atoms with Crippen molar-refractivity contribution in [3.63, 3.8) is 0 Å². The first-order valence-corrected chi connectivity index (χ1v) is 9.59. The maximum atomic E-state index is 14.3. The first-order valence-electron chi connectivity index (χ1n) is 9.59. The van der Waals surface area contributed by atoms with Crippen molar-refractivity contribution in [1.29, 1.82) is 0 Å². The molecule has 0 bridgehead atoms. The Morgan fingerprint density at radius 2 is 2.21 bits per heavy atom. The van der Waals surface area contributed by atoms with Crippen molar-refractivity contribution >= 4 is 12.0 Å². The summed E-state index contributed by atoms with van der Waals surface area (Å²) in [5, 5.41) is 12.3. The Bertz CT molecular complexity index is 871. The number of halogens is 1. The van der Waals surface area contributed by atoms with Crippen LogP contribution >= 0.6 is 0 Å². The fourth-order valence-electron chi connectivity index (χ4n) is 4.30. The molecule has 146 valence electrons. The van der Waals surface area contributed by atoms with Gasteiger partial charge in [0.2, 0.25) is 5.91 Å². The standard InChI is InChI=1S/C22H23FN2O3/c23-19-10-14(3-5-21(19)28-17-2-1-7-24-12-17)4-6-22(27)25-20-11-16-8-15(13-26)9-18(16)20/h1-7,10,12,15-16,18,20,26H,8-9,11,13H2,(H,25,27)/b6-4+/t15?,16-,18-,20?/m1/s1. The van der Waals surface area contributed by atoms with Crippen LogP contribution in [0.3, 0.4) is 0 Å². The number of carbonyl (C=O) groups excluding carboxylic acids is 1. The number of fused-ring (bicyclic) bond motifs is 1. The highest BCUT2D eigenvalue weighted by Gasteiger charge is 2.47.